The first-order valence-electron chi connectivity index (χ1n) is 20.1. The van der Waals surface area contributed by atoms with Crippen molar-refractivity contribution in [3.05, 3.63) is 11.6 Å². The molecule has 0 spiro atoms. The van der Waals surface area contributed by atoms with E-state index in [9.17, 15) is 4.79 Å². The summed E-state index contributed by atoms with van der Waals surface area (Å²) in [4.78, 5) is 15.4. The number of amides is 1. The molecule has 0 aromatic carbocycles. The minimum atomic E-state index is -0.131. The van der Waals surface area contributed by atoms with Crippen molar-refractivity contribution in [2.45, 2.75) is 137 Å². The molecule has 4 aliphatic rings. The molecule has 272 valence electrons. The van der Waals surface area contributed by atoms with Crippen molar-refractivity contribution in [1.82, 2.24) is 15.5 Å². The lowest BCUT2D eigenvalue weighted by molar-refractivity contribution is -0.0593. The minimum absolute atomic E-state index is 0.00436. The molecule has 7 heteroatoms. The molecule has 0 aromatic rings. The zero-order valence-electron chi connectivity index (χ0n) is 31.3. The predicted molar refractivity (Wildman–Crippen MR) is 197 cm³/mol. The van der Waals surface area contributed by atoms with Crippen LogP contribution in [-0.4, -0.2) is 69.5 Å². The summed E-state index contributed by atoms with van der Waals surface area (Å²) in [5, 5.41) is 6.85. The van der Waals surface area contributed by atoms with E-state index in [-0.39, 0.29) is 17.6 Å². The van der Waals surface area contributed by atoms with E-state index in [0.29, 0.717) is 25.0 Å². The SMILES string of the molecule is CC(C)CCC[C@@H](C)[C@H]1CCC2C3CC=C4CC(OC(=O)N(CCCN)CCCCNCCCNCCN)CC[C@]4(C)C3CC[C@@]21C. The number of hydrogen-bond donors (Lipinski definition) is 4. The van der Waals surface area contributed by atoms with Gasteiger partial charge >= 0.3 is 6.09 Å². The van der Waals surface area contributed by atoms with Gasteiger partial charge in [-0.3, -0.25) is 0 Å². The monoisotopic (exact) mass is 658 g/mol. The number of rotatable bonds is 20. The van der Waals surface area contributed by atoms with Crippen LogP contribution in [0.5, 0.6) is 0 Å². The van der Waals surface area contributed by atoms with Gasteiger partial charge in [0.05, 0.1) is 0 Å². The maximum Gasteiger partial charge on any atom is 0.410 e. The standard InChI is InChI=1S/C40H75N5O2/c1-30(2)11-8-12-31(3)35-15-16-36-34-14-13-32-29-33(17-19-39(32,4)37(34)18-20-40(35,36)5)47-38(46)45(28-9-21-41)27-7-6-23-43-24-10-25-44-26-22-42/h13,30-31,33-37,43-44H,6-12,14-29,41-42H2,1-5H3/t31-,33?,34?,35-,36?,37?,39+,40-/m1/s1. The van der Waals surface area contributed by atoms with Crippen molar-refractivity contribution in [3.63, 3.8) is 0 Å². The van der Waals surface area contributed by atoms with Crippen molar-refractivity contribution in [2.24, 2.45) is 57.8 Å². The van der Waals surface area contributed by atoms with Gasteiger partial charge in [0.25, 0.3) is 0 Å². The Morgan fingerprint density at radius 2 is 1.62 bits per heavy atom. The molecule has 0 aliphatic heterocycles. The van der Waals surface area contributed by atoms with E-state index in [1.165, 1.54) is 51.4 Å². The zero-order valence-corrected chi connectivity index (χ0v) is 31.3. The molecule has 4 aliphatic carbocycles. The summed E-state index contributed by atoms with van der Waals surface area (Å²) >= 11 is 0. The average molecular weight is 658 g/mol. The highest BCUT2D eigenvalue weighted by atomic mass is 16.6. The Hall–Kier alpha value is -1.15. The molecule has 3 fully saturated rings. The van der Waals surface area contributed by atoms with E-state index < -0.39 is 0 Å². The van der Waals surface area contributed by atoms with Crippen LogP contribution in [0.25, 0.3) is 0 Å². The predicted octanol–water partition coefficient (Wildman–Crippen LogP) is 7.49. The van der Waals surface area contributed by atoms with Gasteiger partial charge in [-0.05, 0) is 143 Å². The van der Waals surface area contributed by atoms with E-state index in [0.717, 1.165) is 113 Å². The number of nitrogens with zero attached hydrogens (tertiary/aromatic N) is 1. The lowest BCUT2D eigenvalue weighted by atomic mass is 9.47. The van der Waals surface area contributed by atoms with Gasteiger partial charge in [-0.1, -0.05) is 65.5 Å². The molecule has 1 amide bonds. The topological polar surface area (TPSA) is 106 Å². The average Bonchev–Trinajstić information content (AvgIpc) is 3.40. The van der Waals surface area contributed by atoms with Crippen LogP contribution in [0, 0.1) is 46.3 Å². The van der Waals surface area contributed by atoms with Crippen molar-refractivity contribution < 1.29 is 9.53 Å². The first kappa shape index (κ1) is 38.6. The molecule has 4 rings (SSSR count). The summed E-state index contributed by atoms with van der Waals surface area (Å²) in [6.45, 7) is 19.2. The molecular formula is C40H75N5O2. The number of hydrogen-bond acceptors (Lipinski definition) is 6. The summed E-state index contributed by atoms with van der Waals surface area (Å²) < 4.78 is 6.27. The third-order valence-corrected chi connectivity index (χ3v) is 13.5. The van der Waals surface area contributed by atoms with E-state index in [1.807, 2.05) is 4.90 Å². The molecule has 0 bridgehead atoms. The fourth-order valence-corrected chi connectivity index (χ4v) is 10.8. The van der Waals surface area contributed by atoms with Gasteiger partial charge in [0, 0.05) is 32.6 Å². The highest BCUT2D eigenvalue weighted by Crippen LogP contribution is 2.67. The summed E-state index contributed by atoms with van der Waals surface area (Å²) in [7, 11) is 0. The van der Waals surface area contributed by atoms with Crippen LogP contribution in [0.1, 0.15) is 131 Å². The Labute approximate surface area is 289 Å². The van der Waals surface area contributed by atoms with Crippen molar-refractivity contribution in [1.29, 1.82) is 0 Å². The van der Waals surface area contributed by atoms with Crippen LogP contribution < -0.4 is 22.1 Å². The lowest BCUT2D eigenvalue weighted by Gasteiger charge is -2.58. The number of unbranched alkanes of at least 4 members (excludes halogenated alkanes) is 1. The van der Waals surface area contributed by atoms with Crippen LogP contribution in [0.3, 0.4) is 0 Å². The van der Waals surface area contributed by atoms with Gasteiger partial charge < -0.3 is 31.7 Å². The number of allylic oxidation sites excluding steroid dienone is 1. The third kappa shape index (κ3) is 9.98. The molecule has 3 saturated carbocycles. The molecule has 47 heavy (non-hydrogen) atoms. The first-order chi connectivity index (χ1) is 22.6. The molecule has 0 heterocycles. The summed E-state index contributed by atoms with van der Waals surface area (Å²) in [5.74, 6) is 5.10. The summed E-state index contributed by atoms with van der Waals surface area (Å²) in [6, 6.07) is 0. The highest BCUT2D eigenvalue weighted by molar-refractivity contribution is 5.67. The van der Waals surface area contributed by atoms with Gasteiger partial charge in [-0.15, -0.1) is 0 Å². The Morgan fingerprint density at radius 3 is 2.36 bits per heavy atom. The van der Waals surface area contributed by atoms with Gasteiger partial charge in [-0.2, -0.15) is 0 Å². The van der Waals surface area contributed by atoms with E-state index in [4.69, 9.17) is 16.2 Å². The molecule has 0 radical (unpaired) electrons. The highest BCUT2D eigenvalue weighted by Gasteiger charge is 2.59. The lowest BCUT2D eigenvalue weighted by Crippen LogP contribution is -2.51. The number of fused-ring (bicyclic) bond motifs is 5. The Balaban J connectivity index is 1.26. The fourth-order valence-electron chi connectivity index (χ4n) is 10.8. The van der Waals surface area contributed by atoms with Crippen LogP contribution in [0.4, 0.5) is 4.79 Å². The van der Waals surface area contributed by atoms with Crippen LogP contribution in [0.2, 0.25) is 0 Å². The molecule has 7 nitrogen and oxygen atoms in total. The second kappa shape index (κ2) is 18.7. The van der Waals surface area contributed by atoms with Crippen LogP contribution >= 0.6 is 0 Å². The molecule has 6 N–H and O–H groups in total. The fraction of sp³-hybridized carbons (Fsp3) is 0.925. The molecule has 0 saturated heterocycles. The second-order valence-electron chi connectivity index (χ2n) is 17.0. The third-order valence-electron chi connectivity index (χ3n) is 13.5. The maximum atomic E-state index is 13.4. The van der Waals surface area contributed by atoms with Crippen LogP contribution in [0.15, 0.2) is 11.6 Å². The Kier molecular flexibility index (Phi) is 15.4. The van der Waals surface area contributed by atoms with Crippen molar-refractivity contribution >= 4 is 6.09 Å². The quantitative estimate of drug-likeness (QED) is 0.0799. The number of carbonyl (C=O) groups is 1. The summed E-state index contributed by atoms with van der Waals surface area (Å²) in [5.41, 5.74) is 13.8. The second-order valence-corrected chi connectivity index (χ2v) is 17.0. The van der Waals surface area contributed by atoms with E-state index in [2.05, 4.69) is 51.3 Å². The largest absolute Gasteiger partial charge is 0.446 e. The Morgan fingerprint density at radius 1 is 0.872 bits per heavy atom. The number of nitrogens with two attached hydrogens (primary N) is 2. The van der Waals surface area contributed by atoms with Gasteiger partial charge in [0.2, 0.25) is 0 Å². The molecule has 8 atom stereocenters. The van der Waals surface area contributed by atoms with Crippen molar-refractivity contribution in [2.75, 3.05) is 52.4 Å². The van der Waals surface area contributed by atoms with Gasteiger partial charge in [0.15, 0.2) is 0 Å². The Bertz CT molecular complexity index is 972. The molecular weight excluding hydrogens is 582 g/mol. The van der Waals surface area contributed by atoms with Crippen LogP contribution in [-0.2, 0) is 4.74 Å². The minimum Gasteiger partial charge on any atom is -0.446 e. The van der Waals surface area contributed by atoms with Gasteiger partial charge in [-0.25, -0.2) is 4.79 Å². The number of nitrogens with one attached hydrogen (secondary N) is 2. The van der Waals surface area contributed by atoms with E-state index >= 15 is 0 Å². The van der Waals surface area contributed by atoms with E-state index in [1.54, 1.807) is 5.57 Å². The smallest absolute Gasteiger partial charge is 0.410 e. The first-order valence-corrected chi connectivity index (χ1v) is 20.1. The normalized spacial score (nSPS) is 32.3. The zero-order chi connectivity index (χ0) is 33.9. The maximum absolute atomic E-state index is 13.4. The molecule has 0 aromatic heterocycles. The summed E-state index contributed by atoms with van der Waals surface area (Å²) in [6.07, 6.45) is 20.7. The number of ether oxygens (including phenoxy) is 1. The number of carbonyl (C=O) groups excluding carboxylic acids is 1. The van der Waals surface area contributed by atoms with Gasteiger partial charge in [0.1, 0.15) is 6.10 Å². The van der Waals surface area contributed by atoms with Crippen molar-refractivity contribution in [3.8, 4) is 0 Å². The molecule has 4 unspecified atom stereocenters.